The first-order valence-corrected chi connectivity index (χ1v) is 7.69. The molecule has 0 bridgehead atoms. The Balaban J connectivity index is 2.53. The van der Waals surface area contributed by atoms with Gasteiger partial charge in [-0.2, -0.15) is 0 Å². The van der Waals surface area contributed by atoms with Gasteiger partial charge in [0, 0.05) is 17.0 Å². The molecule has 114 valence electrons. The molecule has 0 unspecified atom stereocenters. The van der Waals surface area contributed by atoms with Gasteiger partial charge in [0.2, 0.25) is 0 Å². The summed E-state index contributed by atoms with van der Waals surface area (Å²) in [7, 11) is 0. The van der Waals surface area contributed by atoms with Crippen LogP contribution < -0.4 is 10.1 Å². The first kappa shape index (κ1) is 17.3. The maximum absolute atomic E-state index is 6.17. The molecule has 3 heteroatoms. The lowest BCUT2D eigenvalue weighted by Gasteiger charge is -2.26. The minimum Gasteiger partial charge on any atom is -0.493 e. The van der Waals surface area contributed by atoms with Crippen LogP contribution in [0.25, 0.3) is 0 Å². The smallest absolute Gasteiger partial charge is 0.119 e. The summed E-state index contributed by atoms with van der Waals surface area (Å²) < 4.78 is 5.95. The Morgan fingerprint density at radius 2 is 1.75 bits per heavy atom. The van der Waals surface area contributed by atoms with Gasteiger partial charge in [-0.25, -0.2) is 0 Å². The summed E-state index contributed by atoms with van der Waals surface area (Å²) in [5.74, 6) is 1.58. The predicted molar refractivity (Wildman–Crippen MR) is 87.9 cm³/mol. The van der Waals surface area contributed by atoms with Crippen LogP contribution in [0.1, 0.15) is 38.8 Å². The summed E-state index contributed by atoms with van der Waals surface area (Å²) >= 11 is 6.17. The molecule has 0 amide bonds. The molecule has 0 heterocycles. The number of aryl methyl sites for hydroxylation is 2. The van der Waals surface area contributed by atoms with Gasteiger partial charge in [-0.05, 0) is 49.6 Å². The van der Waals surface area contributed by atoms with E-state index in [1.54, 1.807) is 0 Å². The van der Waals surface area contributed by atoms with Gasteiger partial charge in [0.1, 0.15) is 5.75 Å². The fraction of sp³-hybridized carbons (Fsp3) is 0.647. The Hall–Kier alpha value is -0.730. The van der Waals surface area contributed by atoms with E-state index in [2.05, 4.69) is 33.0 Å². The fourth-order valence-corrected chi connectivity index (χ4v) is 2.13. The quantitative estimate of drug-likeness (QED) is 0.793. The van der Waals surface area contributed by atoms with E-state index in [0.29, 0.717) is 12.5 Å². The average molecular weight is 298 g/mol. The van der Waals surface area contributed by atoms with E-state index in [1.807, 2.05) is 26.0 Å². The van der Waals surface area contributed by atoms with Crippen LogP contribution in [0.15, 0.2) is 12.1 Å². The van der Waals surface area contributed by atoms with Crippen molar-refractivity contribution in [2.75, 3.05) is 19.7 Å². The van der Waals surface area contributed by atoms with Crippen LogP contribution in [0.5, 0.6) is 5.75 Å². The predicted octanol–water partition coefficient (Wildman–Crippen LogP) is 4.61. The summed E-state index contributed by atoms with van der Waals surface area (Å²) in [5.41, 5.74) is 2.24. The van der Waals surface area contributed by atoms with Crippen molar-refractivity contribution in [1.82, 2.24) is 5.32 Å². The fourth-order valence-electron chi connectivity index (χ4n) is 2.02. The molecule has 1 rings (SSSR count). The monoisotopic (exact) mass is 297 g/mol. The molecule has 0 aromatic heterocycles. The first-order chi connectivity index (χ1) is 9.21. The van der Waals surface area contributed by atoms with Gasteiger partial charge in [-0.15, -0.1) is 0 Å². The molecular weight excluding hydrogens is 270 g/mol. The Morgan fingerprint density at radius 3 is 2.25 bits per heavy atom. The SMILES string of the molecule is Cc1cc(OCC(C)(C)CNCC(C)C)cc(C)c1Cl. The maximum Gasteiger partial charge on any atom is 0.119 e. The Bertz CT molecular complexity index is 418. The van der Waals surface area contributed by atoms with Crippen LogP contribution in [0.2, 0.25) is 5.02 Å². The van der Waals surface area contributed by atoms with Gasteiger partial charge >= 0.3 is 0 Å². The lowest BCUT2D eigenvalue weighted by molar-refractivity contribution is 0.175. The van der Waals surface area contributed by atoms with Gasteiger partial charge in [-0.3, -0.25) is 0 Å². The third-order valence-corrected chi connectivity index (χ3v) is 3.79. The van der Waals surface area contributed by atoms with E-state index >= 15 is 0 Å². The number of ether oxygens (including phenoxy) is 1. The van der Waals surface area contributed by atoms with Crippen LogP contribution in [0.3, 0.4) is 0 Å². The topological polar surface area (TPSA) is 21.3 Å². The number of rotatable bonds is 7. The lowest BCUT2D eigenvalue weighted by atomic mass is 9.94. The van der Waals surface area contributed by atoms with E-state index in [0.717, 1.165) is 35.0 Å². The van der Waals surface area contributed by atoms with Crippen LogP contribution in [-0.2, 0) is 0 Å². The molecule has 1 aromatic rings. The highest BCUT2D eigenvalue weighted by molar-refractivity contribution is 6.32. The summed E-state index contributed by atoms with van der Waals surface area (Å²) in [6.07, 6.45) is 0. The van der Waals surface area contributed by atoms with Crippen molar-refractivity contribution in [2.45, 2.75) is 41.5 Å². The minimum absolute atomic E-state index is 0.107. The van der Waals surface area contributed by atoms with Crippen molar-refractivity contribution < 1.29 is 4.74 Å². The zero-order chi connectivity index (χ0) is 15.3. The normalized spacial score (nSPS) is 12.0. The molecule has 20 heavy (non-hydrogen) atoms. The Labute approximate surface area is 128 Å². The molecule has 0 saturated carbocycles. The van der Waals surface area contributed by atoms with E-state index in [1.165, 1.54) is 0 Å². The van der Waals surface area contributed by atoms with Crippen LogP contribution in [-0.4, -0.2) is 19.7 Å². The van der Waals surface area contributed by atoms with Crippen LogP contribution in [0.4, 0.5) is 0 Å². The molecule has 1 aromatic carbocycles. The highest BCUT2D eigenvalue weighted by Gasteiger charge is 2.19. The van der Waals surface area contributed by atoms with E-state index in [4.69, 9.17) is 16.3 Å². The molecule has 2 nitrogen and oxygen atoms in total. The van der Waals surface area contributed by atoms with E-state index in [9.17, 15) is 0 Å². The molecule has 0 aliphatic heterocycles. The van der Waals surface area contributed by atoms with E-state index in [-0.39, 0.29) is 5.41 Å². The molecule has 0 atom stereocenters. The molecule has 0 spiro atoms. The summed E-state index contributed by atoms with van der Waals surface area (Å²) in [6.45, 7) is 15.6. The molecule has 0 radical (unpaired) electrons. The molecule has 1 N–H and O–H groups in total. The number of nitrogens with one attached hydrogen (secondary N) is 1. The lowest BCUT2D eigenvalue weighted by Crippen LogP contribution is -2.35. The number of benzene rings is 1. The number of halogens is 1. The molecule has 0 aliphatic carbocycles. The van der Waals surface area contributed by atoms with Gasteiger partial charge in [0.05, 0.1) is 6.61 Å². The highest BCUT2D eigenvalue weighted by atomic mass is 35.5. The molecule has 0 aliphatic rings. The second kappa shape index (κ2) is 7.33. The minimum atomic E-state index is 0.107. The Kier molecular flexibility index (Phi) is 6.35. The largest absolute Gasteiger partial charge is 0.493 e. The number of hydrogen-bond donors (Lipinski definition) is 1. The second-order valence-corrected chi connectivity index (χ2v) is 7.23. The van der Waals surface area contributed by atoms with Crippen molar-refractivity contribution in [1.29, 1.82) is 0 Å². The highest BCUT2D eigenvalue weighted by Crippen LogP contribution is 2.27. The summed E-state index contributed by atoms with van der Waals surface area (Å²) in [5, 5.41) is 4.32. The van der Waals surface area contributed by atoms with Crippen molar-refractivity contribution in [3.8, 4) is 5.75 Å². The van der Waals surface area contributed by atoms with Crippen molar-refractivity contribution in [3.63, 3.8) is 0 Å². The molecular formula is C17H28ClNO. The van der Waals surface area contributed by atoms with Crippen LogP contribution in [0, 0.1) is 25.2 Å². The van der Waals surface area contributed by atoms with Crippen molar-refractivity contribution >= 4 is 11.6 Å². The van der Waals surface area contributed by atoms with Gasteiger partial charge in [0.15, 0.2) is 0 Å². The Morgan fingerprint density at radius 1 is 1.20 bits per heavy atom. The number of hydrogen-bond acceptors (Lipinski definition) is 2. The second-order valence-electron chi connectivity index (χ2n) is 6.85. The van der Waals surface area contributed by atoms with Gasteiger partial charge in [-0.1, -0.05) is 39.3 Å². The summed E-state index contributed by atoms with van der Waals surface area (Å²) in [6, 6.07) is 4.01. The zero-order valence-corrected chi connectivity index (χ0v) is 14.4. The van der Waals surface area contributed by atoms with Gasteiger partial charge < -0.3 is 10.1 Å². The maximum atomic E-state index is 6.17. The van der Waals surface area contributed by atoms with Crippen molar-refractivity contribution in [2.24, 2.45) is 11.3 Å². The summed E-state index contributed by atoms with van der Waals surface area (Å²) in [4.78, 5) is 0. The standard InChI is InChI=1S/C17H28ClNO/c1-12(2)9-19-10-17(5,6)11-20-15-7-13(3)16(18)14(4)8-15/h7-8,12,19H,9-11H2,1-6H3. The first-order valence-electron chi connectivity index (χ1n) is 7.31. The average Bonchev–Trinajstić information content (AvgIpc) is 2.32. The zero-order valence-electron chi connectivity index (χ0n) is 13.6. The molecule has 0 saturated heterocycles. The third kappa shape index (κ3) is 5.72. The van der Waals surface area contributed by atoms with Crippen molar-refractivity contribution in [3.05, 3.63) is 28.3 Å². The van der Waals surface area contributed by atoms with E-state index < -0.39 is 0 Å². The van der Waals surface area contributed by atoms with Gasteiger partial charge in [0.25, 0.3) is 0 Å². The third-order valence-electron chi connectivity index (χ3n) is 3.20. The molecule has 0 fully saturated rings. The van der Waals surface area contributed by atoms with Crippen LogP contribution >= 0.6 is 11.6 Å².